The van der Waals surface area contributed by atoms with Crippen LogP contribution in [-0.4, -0.2) is 27.1 Å². The van der Waals surface area contributed by atoms with Crippen LogP contribution in [0.4, 0.5) is 0 Å². The van der Waals surface area contributed by atoms with E-state index in [9.17, 15) is 9.59 Å². The van der Waals surface area contributed by atoms with Crippen LogP contribution in [0.2, 0.25) is 10.2 Å². The van der Waals surface area contributed by atoms with Gasteiger partial charge in [0.1, 0.15) is 5.15 Å². The van der Waals surface area contributed by atoms with Crippen LogP contribution in [0.5, 0.6) is 0 Å². The van der Waals surface area contributed by atoms with Gasteiger partial charge in [-0.25, -0.2) is 14.6 Å². The molecule has 102 valence electrons. The molecule has 0 spiro atoms. The van der Waals surface area contributed by atoms with Gasteiger partial charge in [0, 0.05) is 11.8 Å². The maximum Gasteiger partial charge on any atom is 0.337 e. The number of carboxylic acid groups (broad SMARTS) is 2. The Balaban J connectivity index is 2.66. The van der Waals surface area contributed by atoms with Crippen molar-refractivity contribution in [3.05, 3.63) is 51.8 Å². The maximum atomic E-state index is 11.2. The summed E-state index contributed by atoms with van der Waals surface area (Å²) < 4.78 is 0. The Hall–Kier alpha value is -2.11. The molecule has 0 aliphatic rings. The molecule has 2 N–H and O–H groups in total. The van der Waals surface area contributed by atoms with Crippen LogP contribution in [0.25, 0.3) is 11.1 Å². The number of nitrogens with zero attached hydrogens (tertiary/aromatic N) is 1. The minimum atomic E-state index is -1.20. The van der Waals surface area contributed by atoms with Crippen LogP contribution < -0.4 is 0 Å². The normalized spacial score (nSPS) is 10.3. The van der Waals surface area contributed by atoms with Crippen LogP contribution in [0.15, 0.2) is 30.5 Å². The molecule has 0 radical (unpaired) electrons. The molecule has 2 rings (SSSR count). The third kappa shape index (κ3) is 2.74. The fourth-order valence-electron chi connectivity index (χ4n) is 1.69. The summed E-state index contributed by atoms with van der Waals surface area (Å²) in [5, 5.41) is 18.3. The number of carbonyl (C=O) groups is 2. The predicted molar refractivity (Wildman–Crippen MR) is 73.6 cm³/mol. The zero-order chi connectivity index (χ0) is 14.9. The van der Waals surface area contributed by atoms with Crippen molar-refractivity contribution in [1.82, 2.24) is 4.98 Å². The quantitative estimate of drug-likeness (QED) is 0.848. The van der Waals surface area contributed by atoms with E-state index in [0.717, 1.165) is 0 Å². The number of hydrogen-bond donors (Lipinski definition) is 2. The molecular weight excluding hydrogens is 305 g/mol. The number of benzene rings is 1. The van der Waals surface area contributed by atoms with Crippen molar-refractivity contribution in [2.75, 3.05) is 0 Å². The Labute approximate surface area is 123 Å². The third-order valence-electron chi connectivity index (χ3n) is 2.61. The molecule has 2 aromatic rings. The first-order chi connectivity index (χ1) is 9.40. The van der Waals surface area contributed by atoms with E-state index >= 15 is 0 Å². The lowest BCUT2D eigenvalue weighted by Crippen LogP contribution is -2.02. The van der Waals surface area contributed by atoms with E-state index in [2.05, 4.69) is 4.98 Å². The SMILES string of the molecule is O=C(O)c1cc(-c2cnc(Cl)cc2C(=O)O)ccc1Cl. The van der Waals surface area contributed by atoms with E-state index < -0.39 is 11.9 Å². The number of aromatic nitrogens is 1. The van der Waals surface area contributed by atoms with Crippen LogP contribution in [0, 0.1) is 0 Å². The van der Waals surface area contributed by atoms with Gasteiger partial charge in [-0.2, -0.15) is 0 Å². The zero-order valence-electron chi connectivity index (χ0n) is 9.80. The monoisotopic (exact) mass is 311 g/mol. The molecule has 0 aliphatic heterocycles. The Morgan fingerprint density at radius 3 is 2.25 bits per heavy atom. The number of halogens is 2. The standard InChI is InChI=1S/C13H7Cl2NO4/c14-10-2-1-6(3-8(10)13(19)20)9-5-16-11(15)4-7(9)12(17)18/h1-5H,(H,17,18)(H,19,20). The zero-order valence-corrected chi connectivity index (χ0v) is 11.3. The second kappa shape index (κ2) is 5.48. The topological polar surface area (TPSA) is 87.5 Å². The first-order valence-electron chi connectivity index (χ1n) is 5.32. The van der Waals surface area contributed by atoms with E-state index in [4.69, 9.17) is 33.4 Å². The molecule has 5 nitrogen and oxygen atoms in total. The van der Waals surface area contributed by atoms with Gasteiger partial charge in [0.15, 0.2) is 0 Å². The van der Waals surface area contributed by atoms with Gasteiger partial charge in [-0.1, -0.05) is 29.3 Å². The molecule has 0 amide bonds. The molecule has 1 heterocycles. The highest BCUT2D eigenvalue weighted by Crippen LogP contribution is 2.28. The summed E-state index contributed by atoms with van der Waals surface area (Å²) in [6.07, 6.45) is 1.28. The molecule has 0 fully saturated rings. The number of rotatable bonds is 3. The average molecular weight is 312 g/mol. The largest absolute Gasteiger partial charge is 0.478 e. The lowest BCUT2D eigenvalue weighted by Gasteiger charge is -2.08. The van der Waals surface area contributed by atoms with Crippen molar-refractivity contribution in [3.8, 4) is 11.1 Å². The van der Waals surface area contributed by atoms with Crippen LogP contribution in [-0.2, 0) is 0 Å². The second-order valence-corrected chi connectivity index (χ2v) is 4.65. The fourth-order valence-corrected chi connectivity index (χ4v) is 2.05. The first-order valence-corrected chi connectivity index (χ1v) is 6.08. The van der Waals surface area contributed by atoms with Crippen molar-refractivity contribution >= 4 is 35.1 Å². The molecule has 0 saturated heterocycles. The van der Waals surface area contributed by atoms with Gasteiger partial charge in [0.05, 0.1) is 16.1 Å². The summed E-state index contributed by atoms with van der Waals surface area (Å²) in [6.45, 7) is 0. The third-order valence-corrected chi connectivity index (χ3v) is 3.15. The van der Waals surface area contributed by atoms with Crippen LogP contribution in [0.3, 0.4) is 0 Å². The highest BCUT2D eigenvalue weighted by molar-refractivity contribution is 6.33. The Kier molecular flexibility index (Phi) is 3.92. The van der Waals surface area contributed by atoms with Gasteiger partial charge in [-0.15, -0.1) is 0 Å². The van der Waals surface area contributed by atoms with Crippen molar-refractivity contribution in [1.29, 1.82) is 0 Å². The summed E-state index contributed by atoms with van der Waals surface area (Å²) in [7, 11) is 0. The average Bonchev–Trinajstić information content (AvgIpc) is 2.39. The van der Waals surface area contributed by atoms with Gasteiger partial charge in [0.2, 0.25) is 0 Å². The Morgan fingerprint density at radius 2 is 1.65 bits per heavy atom. The molecular formula is C13H7Cl2NO4. The van der Waals surface area contributed by atoms with Crippen LogP contribution >= 0.6 is 23.2 Å². The number of pyridine rings is 1. The fraction of sp³-hybridized carbons (Fsp3) is 0. The molecule has 0 bridgehead atoms. The highest BCUT2D eigenvalue weighted by atomic mass is 35.5. The van der Waals surface area contributed by atoms with Gasteiger partial charge in [0.25, 0.3) is 0 Å². The number of carboxylic acids is 2. The summed E-state index contributed by atoms with van der Waals surface area (Å²) >= 11 is 11.4. The lowest BCUT2D eigenvalue weighted by molar-refractivity contribution is 0.0687. The van der Waals surface area contributed by atoms with Gasteiger partial charge in [-0.05, 0) is 23.8 Å². The van der Waals surface area contributed by atoms with Crippen molar-refractivity contribution in [2.24, 2.45) is 0 Å². The predicted octanol–water partition coefficient (Wildman–Crippen LogP) is 3.45. The van der Waals surface area contributed by atoms with Crippen molar-refractivity contribution in [2.45, 2.75) is 0 Å². The summed E-state index contributed by atoms with van der Waals surface area (Å²) in [5.74, 6) is -2.38. The molecule has 20 heavy (non-hydrogen) atoms. The van der Waals surface area contributed by atoms with E-state index in [1.54, 1.807) is 0 Å². The molecule has 1 aromatic carbocycles. The smallest absolute Gasteiger partial charge is 0.337 e. The molecule has 7 heteroatoms. The Morgan fingerprint density at radius 1 is 1.00 bits per heavy atom. The number of aromatic carboxylic acids is 2. The molecule has 1 aromatic heterocycles. The minimum Gasteiger partial charge on any atom is -0.478 e. The first kappa shape index (κ1) is 14.3. The lowest BCUT2D eigenvalue weighted by atomic mass is 10.00. The van der Waals surface area contributed by atoms with Crippen molar-refractivity contribution < 1.29 is 19.8 Å². The number of hydrogen-bond acceptors (Lipinski definition) is 3. The van der Waals surface area contributed by atoms with E-state index in [1.807, 2.05) is 0 Å². The van der Waals surface area contributed by atoms with E-state index in [-0.39, 0.29) is 26.9 Å². The van der Waals surface area contributed by atoms with E-state index in [0.29, 0.717) is 5.56 Å². The van der Waals surface area contributed by atoms with Crippen molar-refractivity contribution in [3.63, 3.8) is 0 Å². The van der Waals surface area contributed by atoms with Gasteiger partial charge >= 0.3 is 11.9 Å². The second-order valence-electron chi connectivity index (χ2n) is 3.86. The summed E-state index contributed by atoms with van der Waals surface area (Å²) in [5.41, 5.74) is 0.466. The molecule has 0 atom stereocenters. The maximum absolute atomic E-state index is 11.2. The molecule has 0 aliphatic carbocycles. The van der Waals surface area contributed by atoms with Crippen LogP contribution in [0.1, 0.15) is 20.7 Å². The molecule has 0 unspecified atom stereocenters. The minimum absolute atomic E-state index is 0.0403. The van der Waals surface area contributed by atoms with Gasteiger partial charge < -0.3 is 10.2 Å². The summed E-state index contributed by atoms with van der Waals surface area (Å²) in [6, 6.07) is 5.41. The Bertz CT molecular complexity index is 716. The highest BCUT2D eigenvalue weighted by Gasteiger charge is 2.16. The molecule has 0 saturated carbocycles. The summed E-state index contributed by atoms with van der Waals surface area (Å²) in [4.78, 5) is 26.1. The van der Waals surface area contributed by atoms with E-state index in [1.165, 1.54) is 30.5 Å². The van der Waals surface area contributed by atoms with Gasteiger partial charge in [-0.3, -0.25) is 0 Å².